The Morgan fingerprint density at radius 2 is 2.11 bits per heavy atom. The van der Waals surface area contributed by atoms with Gasteiger partial charge in [-0.05, 0) is 56.7 Å². The SMILES string of the molecule is CC(=O)c1cc(F)c(C)cc1OC1CCCC(C)C1. The number of aryl methyl sites for hydroxylation is 1. The number of halogens is 1. The predicted octanol–water partition coefficient (Wildman–Crippen LogP) is 4.29. The Kier molecular flexibility index (Phi) is 4.23. The van der Waals surface area contributed by atoms with E-state index in [2.05, 4.69) is 6.92 Å². The highest BCUT2D eigenvalue weighted by atomic mass is 19.1. The van der Waals surface area contributed by atoms with Crippen LogP contribution in [0.25, 0.3) is 0 Å². The molecule has 0 aliphatic heterocycles. The van der Waals surface area contributed by atoms with E-state index in [1.165, 1.54) is 19.4 Å². The molecular weight excluding hydrogens is 243 g/mol. The van der Waals surface area contributed by atoms with Gasteiger partial charge in [-0.1, -0.05) is 13.3 Å². The quantitative estimate of drug-likeness (QED) is 0.761. The van der Waals surface area contributed by atoms with E-state index in [4.69, 9.17) is 4.74 Å². The molecule has 0 saturated heterocycles. The van der Waals surface area contributed by atoms with Crippen LogP contribution < -0.4 is 4.74 Å². The van der Waals surface area contributed by atoms with Gasteiger partial charge in [0.1, 0.15) is 11.6 Å². The molecule has 2 unspecified atom stereocenters. The van der Waals surface area contributed by atoms with E-state index >= 15 is 0 Å². The fraction of sp³-hybridized carbons (Fsp3) is 0.562. The summed E-state index contributed by atoms with van der Waals surface area (Å²) in [6.07, 6.45) is 4.56. The summed E-state index contributed by atoms with van der Waals surface area (Å²) < 4.78 is 19.5. The van der Waals surface area contributed by atoms with Crippen molar-refractivity contribution in [2.75, 3.05) is 0 Å². The van der Waals surface area contributed by atoms with Gasteiger partial charge in [0.05, 0.1) is 11.7 Å². The molecule has 0 N–H and O–H groups in total. The molecule has 19 heavy (non-hydrogen) atoms. The van der Waals surface area contributed by atoms with Gasteiger partial charge in [-0.25, -0.2) is 4.39 Å². The number of hydrogen-bond donors (Lipinski definition) is 0. The van der Waals surface area contributed by atoms with Crippen LogP contribution in [-0.2, 0) is 0 Å². The Morgan fingerprint density at radius 3 is 2.74 bits per heavy atom. The molecule has 0 heterocycles. The van der Waals surface area contributed by atoms with Crippen molar-refractivity contribution in [2.24, 2.45) is 5.92 Å². The molecule has 1 aliphatic carbocycles. The summed E-state index contributed by atoms with van der Waals surface area (Å²) in [6.45, 7) is 5.35. The normalized spacial score (nSPS) is 23.2. The van der Waals surface area contributed by atoms with Crippen LogP contribution in [0.4, 0.5) is 4.39 Å². The van der Waals surface area contributed by atoms with Crippen LogP contribution in [0, 0.1) is 18.7 Å². The van der Waals surface area contributed by atoms with Gasteiger partial charge in [-0.15, -0.1) is 0 Å². The smallest absolute Gasteiger partial charge is 0.163 e. The number of carbonyl (C=O) groups excluding carboxylic acids is 1. The summed E-state index contributed by atoms with van der Waals surface area (Å²) >= 11 is 0. The molecule has 0 amide bonds. The topological polar surface area (TPSA) is 26.3 Å². The second kappa shape index (κ2) is 5.72. The highest BCUT2D eigenvalue weighted by Crippen LogP contribution is 2.30. The van der Waals surface area contributed by atoms with Crippen molar-refractivity contribution in [2.45, 2.75) is 52.6 Å². The molecule has 0 spiro atoms. The third-order valence-electron chi connectivity index (χ3n) is 3.82. The van der Waals surface area contributed by atoms with Gasteiger partial charge in [-0.3, -0.25) is 4.79 Å². The Balaban J connectivity index is 2.23. The maximum atomic E-state index is 13.6. The van der Waals surface area contributed by atoms with Crippen molar-refractivity contribution in [3.8, 4) is 5.75 Å². The number of ether oxygens (including phenoxy) is 1. The Labute approximate surface area is 114 Å². The van der Waals surface area contributed by atoms with Gasteiger partial charge in [0, 0.05) is 0 Å². The van der Waals surface area contributed by atoms with E-state index < -0.39 is 0 Å². The predicted molar refractivity (Wildman–Crippen MR) is 73.2 cm³/mol. The van der Waals surface area contributed by atoms with Crippen LogP contribution in [0.1, 0.15) is 55.5 Å². The van der Waals surface area contributed by atoms with E-state index in [1.54, 1.807) is 13.0 Å². The summed E-state index contributed by atoms with van der Waals surface area (Å²) in [5.74, 6) is 0.680. The standard InChI is InChI=1S/C16H21FO2/c1-10-5-4-6-13(7-10)19-16-8-11(2)15(17)9-14(16)12(3)18/h8-10,13H,4-7H2,1-3H3. The Bertz CT molecular complexity index is 482. The van der Waals surface area contributed by atoms with Crippen LogP contribution in [-0.4, -0.2) is 11.9 Å². The van der Waals surface area contributed by atoms with Crippen LogP contribution in [0.3, 0.4) is 0 Å². The summed E-state index contributed by atoms with van der Waals surface area (Å²) in [5, 5.41) is 0. The van der Waals surface area contributed by atoms with Gasteiger partial charge in [-0.2, -0.15) is 0 Å². The molecule has 2 rings (SSSR count). The minimum Gasteiger partial charge on any atom is -0.490 e. The van der Waals surface area contributed by atoms with Crippen LogP contribution in [0.2, 0.25) is 0 Å². The highest BCUT2D eigenvalue weighted by molar-refractivity contribution is 5.96. The molecular formula is C16H21FO2. The van der Waals surface area contributed by atoms with E-state index in [0.717, 1.165) is 19.3 Å². The Morgan fingerprint density at radius 1 is 1.37 bits per heavy atom. The molecule has 3 heteroatoms. The molecule has 104 valence electrons. The molecule has 2 atom stereocenters. The maximum Gasteiger partial charge on any atom is 0.163 e. The van der Waals surface area contributed by atoms with Crippen LogP contribution >= 0.6 is 0 Å². The Hall–Kier alpha value is -1.38. The van der Waals surface area contributed by atoms with E-state index in [1.807, 2.05) is 0 Å². The minimum absolute atomic E-state index is 0.145. The van der Waals surface area contributed by atoms with Crippen molar-refractivity contribution in [1.29, 1.82) is 0 Å². The molecule has 1 saturated carbocycles. The molecule has 1 aromatic carbocycles. The van der Waals surface area contributed by atoms with Crippen molar-refractivity contribution in [3.63, 3.8) is 0 Å². The lowest BCUT2D eigenvalue weighted by molar-refractivity contribution is 0.0992. The molecule has 2 nitrogen and oxygen atoms in total. The third-order valence-corrected chi connectivity index (χ3v) is 3.82. The van der Waals surface area contributed by atoms with Crippen LogP contribution in [0.15, 0.2) is 12.1 Å². The highest BCUT2D eigenvalue weighted by Gasteiger charge is 2.22. The first-order chi connectivity index (χ1) is 8.97. The number of carbonyl (C=O) groups is 1. The van der Waals surface area contributed by atoms with Gasteiger partial charge in [0.25, 0.3) is 0 Å². The monoisotopic (exact) mass is 264 g/mol. The summed E-state index contributed by atoms with van der Waals surface area (Å²) in [4.78, 5) is 11.6. The van der Waals surface area contributed by atoms with E-state index in [-0.39, 0.29) is 17.7 Å². The zero-order valence-electron chi connectivity index (χ0n) is 11.8. The minimum atomic E-state index is -0.352. The fourth-order valence-corrected chi connectivity index (χ4v) is 2.69. The largest absolute Gasteiger partial charge is 0.490 e. The zero-order chi connectivity index (χ0) is 14.0. The fourth-order valence-electron chi connectivity index (χ4n) is 2.69. The van der Waals surface area contributed by atoms with E-state index in [0.29, 0.717) is 22.8 Å². The molecule has 0 bridgehead atoms. The third kappa shape index (κ3) is 3.34. The lowest BCUT2D eigenvalue weighted by Gasteiger charge is -2.28. The number of hydrogen-bond acceptors (Lipinski definition) is 2. The molecule has 1 fully saturated rings. The van der Waals surface area contributed by atoms with Gasteiger partial charge < -0.3 is 4.74 Å². The molecule has 1 aliphatic rings. The first-order valence-electron chi connectivity index (χ1n) is 6.95. The van der Waals surface area contributed by atoms with Crippen LogP contribution in [0.5, 0.6) is 5.75 Å². The second-order valence-electron chi connectivity index (χ2n) is 5.67. The lowest BCUT2D eigenvalue weighted by Crippen LogP contribution is -2.24. The van der Waals surface area contributed by atoms with Crippen molar-refractivity contribution < 1.29 is 13.9 Å². The van der Waals surface area contributed by atoms with Crippen molar-refractivity contribution in [3.05, 3.63) is 29.1 Å². The average Bonchev–Trinajstić information content (AvgIpc) is 2.33. The summed E-state index contributed by atoms with van der Waals surface area (Å²) in [6, 6.07) is 2.94. The molecule has 1 aromatic rings. The second-order valence-corrected chi connectivity index (χ2v) is 5.67. The van der Waals surface area contributed by atoms with E-state index in [9.17, 15) is 9.18 Å². The zero-order valence-corrected chi connectivity index (χ0v) is 11.8. The number of benzene rings is 1. The summed E-state index contributed by atoms with van der Waals surface area (Å²) in [5.41, 5.74) is 0.866. The molecule has 0 radical (unpaired) electrons. The first kappa shape index (κ1) is 14.0. The average molecular weight is 264 g/mol. The molecule has 0 aromatic heterocycles. The first-order valence-corrected chi connectivity index (χ1v) is 6.95. The van der Waals surface area contributed by atoms with Crippen molar-refractivity contribution in [1.82, 2.24) is 0 Å². The number of ketones is 1. The number of Topliss-reactive ketones (excluding diaryl/α,β-unsaturated/α-hetero) is 1. The number of rotatable bonds is 3. The summed E-state index contributed by atoms with van der Waals surface area (Å²) in [7, 11) is 0. The van der Waals surface area contributed by atoms with Crippen molar-refractivity contribution >= 4 is 5.78 Å². The lowest BCUT2D eigenvalue weighted by atomic mass is 9.88. The van der Waals surface area contributed by atoms with Gasteiger partial charge >= 0.3 is 0 Å². The van der Waals surface area contributed by atoms with Gasteiger partial charge in [0.15, 0.2) is 5.78 Å². The maximum absolute atomic E-state index is 13.6. The van der Waals surface area contributed by atoms with Gasteiger partial charge in [0.2, 0.25) is 0 Å².